The molecule has 6 heteroatoms. The first-order valence-corrected chi connectivity index (χ1v) is 0. The molecule has 2 radical (unpaired) electrons. The van der Waals surface area contributed by atoms with Gasteiger partial charge in [-0.25, -0.2) is 0 Å². The van der Waals surface area contributed by atoms with Crippen LogP contribution in [0.5, 0.6) is 0 Å². The molecule has 0 amide bonds. The maximum absolute atomic E-state index is 0. The van der Waals surface area contributed by atoms with Crippen molar-refractivity contribution in [2.75, 3.05) is 0 Å². The first-order valence-electron chi connectivity index (χ1n) is 0. The van der Waals surface area contributed by atoms with E-state index in [0.717, 1.165) is 0 Å². The quantitative estimate of drug-likeness (QED) is 0.382. The molecule has 0 bridgehead atoms. The van der Waals surface area contributed by atoms with E-state index in [-0.39, 0.29) is 81.6 Å². The van der Waals surface area contributed by atoms with Crippen molar-refractivity contribution in [1.82, 2.24) is 0 Å². The van der Waals surface area contributed by atoms with E-state index >= 15 is 0 Å². The summed E-state index contributed by atoms with van der Waals surface area (Å²) >= 11 is 0. The standard InChI is InChI=1S/Co.Li.Mn.Ni.2O.H/q+2;+1;+2;;2*-2;-1. The second-order valence-corrected chi connectivity index (χ2v) is 0. The summed E-state index contributed by atoms with van der Waals surface area (Å²) in [5, 5.41) is 0. The van der Waals surface area contributed by atoms with Gasteiger partial charge in [0.2, 0.25) is 0 Å². The molecule has 2 nitrogen and oxygen atoms in total. The molecule has 40 valence electrons. The molecule has 0 atom stereocenters. The molecule has 0 aliphatic rings. The molecule has 0 aromatic carbocycles. The van der Waals surface area contributed by atoms with Crippen molar-refractivity contribution in [3.63, 3.8) is 0 Å². The van der Waals surface area contributed by atoms with Gasteiger partial charge in [0.05, 0.1) is 0 Å². The van der Waals surface area contributed by atoms with Gasteiger partial charge in [-0.05, 0) is 0 Å². The van der Waals surface area contributed by atoms with Crippen molar-refractivity contribution < 1.29 is 81.6 Å². The smallest absolute Gasteiger partial charge is 2.00 e. The Morgan fingerprint density at radius 3 is 1.00 bits per heavy atom. The largest absolute Gasteiger partial charge is 2.00 e. The van der Waals surface area contributed by atoms with Crippen LogP contribution in [0.3, 0.4) is 0 Å². The van der Waals surface area contributed by atoms with E-state index in [1.54, 1.807) is 0 Å². The van der Waals surface area contributed by atoms with Crippen LogP contribution < -0.4 is 18.9 Å². The van der Waals surface area contributed by atoms with Crippen LogP contribution in [0.1, 0.15) is 1.43 Å². The summed E-state index contributed by atoms with van der Waals surface area (Å²) in [5.41, 5.74) is 0. The topological polar surface area (TPSA) is 57.0 Å². The molecule has 0 aromatic heterocycles. The normalized spacial score (nSPS) is 0. The molecule has 0 aromatic rings. The van der Waals surface area contributed by atoms with Crippen molar-refractivity contribution in [3.05, 3.63) is 0 Å². The molecule has 0 spiro atoms. The minimum atomic E-state index is 0. The molecule has 0 saturated heterocycles. The number of hydrogen-bond donors (Lipinski definition) is 0. The molecular formula is HCoLiMnNiO2. The molecule has 0 aliphatic carbocycles. The minimum Gasteiger partial charge on any atom is -2.00 e. The van der Waals surface area contributed by atoms with Gasteiger partial charge in [-0.3, -0.25) is 0 Å². The first kappa shape index (κ1) is 95.9. The first-order chi connectivity index (χ1) is 0. The maximum Gasteiger partial charge on any atom is 2.00 e. The van der Waals surface area contributed by atoms with E-state index in [1.807, 2.05) is 0 Å². The fourth-order valence-corrected chi connectivity index (χ4v) is 0. The van der Waals surface area contributed by atoms with Crippen molar-refractivity contribution in [3.8, 4) is 0 Å². The van der Waals surface area contributed by atoms with Crippen molar-refractivity contribution in [2.45, 2.75) is 0 Å². The third-order valence-corrected chi connectivity index (χ3v) is 0. The summed E-state index contributed by atoms with van der Waals surface area (Å²) in [6.45, 7) is 0. The molecular weight excluding hydrogens is 212 g/mol. The number of rotatable bonds is 0. The third-order valence-electron chi connectivity index (χ3n) is 0. The van der Waals surface area contributed by atoms with Crippen LogP contribution in [0.2, 0.25) is 0 Å². The van der Waals surface area contributed by atoms with Gasteiger partial charge in [0.25, 0.3) is 0 Å². The minimum absolute atomic E-state index is 0. The van der Waals surface area contributed by atoms with Gasteiger partial charge in [0.1, 0.15) is 0 Å². The molecule has 6 heavy (non-hydrogen) atoms. The van der Waals surface area contributed by atoms with Crippen molar-refractivity contribution in [2.24, 2.45) is 0 Å². The van der Waals surface area contributed by atoms with Gasteiger partial charge < -0.3 is 12.4 Å². The Hall–Kier alpha value is 2.04. The van der Waals surface area contributed by atoms with Gasteiger partial charge in [-0.2, -0.15) is 0 Å². The Balaban J connectivity index is 0. The summed E-state index contributed by atoms with van der Waals surface area (Å²) in [6, 6.07) is 0. The summed E-state index contributed by atoms with van der Waals surface area (Å²) < 4.78 is 0. The summed E-state index contributed by atoms with van der Waals surface area (Å²) in [7, 11) is 0. The zero-order valence-electron chi connectivity index (χ0n) is 3.84. The Kier molecular flexibility index (Phi) is 988. The molecule has 0 saturated carbocycles. The van der Waals surface area contributed by atoms with Crippen LogP contribution >= 0.6 is 0 Å². The third kappa shape index (κ3) is 36.9. The van der Waals surface area contributed by atoms with E-state index in [0.29, 0.717) is 0 Å². The van der Waals surface area contributed by atoms with Gasteiger partial charge >= 0.3 is 52.7 Å². The number of hydrogen-bond acceptors (Lipinski definition) is 0. The van der Waals surface area contributed by atoms with Gasteiger partial charge in [0.15, 0.2) is 0 Å². The fraction of sp³-hybridized carbons (Fsp3) is 0. The average Bonchev–Trinajstić information content (AvgIpc) is 0. The Labute approximate surface area is 81.1 Å². The zero-order valence-corrected chi connectivity index (χ0v) is 6.05. The van der Waals surface area contributed by atoms with Gasteiger partial charge in [-0.1, -0.05) is 0 Å². The Bertz CT molecular complexity index is 17.7. The van der Waals surface area contributed by atoms with E-state index in [9.17, 15) is 0 Å². The molecule has 0 unspecified atom stereocenters. The molecule has 0 heterocycles. The summed E-state index contributed by atoms with van der Waals surface area (Å²) in [5.74, 6) is 0. The molecule has 0 N–H and O–H groups in total. The van der Waals surface area contributed by atoms with E-state index < -0.39 is 0 Å². The molecule has 0 fully saturated rings. The summed E-state index contributed by atoms with van der Waals surface area (Å²) in [4.78, 5) is 0. The van der Waals surface area contributed by atoms with Crippen molar-refractivity contribution in [1.29, 1.82) is 0 Å². The van der Waals surface area contributed by atoms with Crippen LogP contribution in [0.15, 0.2) is 0 Å². The van der Waals surface area contributed by atoms with Gasteiger partial charge in [-0.15, -0.1) is 0 Å². The second-order valence-electron chi connectivity index (χ2n) is 0. The van der Waals surface area contributed by atoms with Crippen LogP contribution in [0.4, 0.5) is 0 Å². The molecule has 0 rings (SSSR count). The Morgan fingerprint density at radius 2 is 1.00 bits per heavy atom. The SMILES string of the molecule is [Co+2].[H-].[Li+].[Mn+2].[Ni].[O-2].[O-2]. The van der Waals surface area contributed by atoms with E-state index in [2.05, 4.69) is 0 Å². The van der Waals surface area contributed by atoms with Crippen LogP contribution in [0, 0.1) is 0 Å². The zero-order chi connectivity index (χ0) is 0. The maximum atomic E-state index is 0. The van der Waals surface area contributed by atoms with Crippen molar-refractivity contribution >= 4 is 0 Å². The van der Waals surface area contributed by atoms with Crippen LogP contribution in [-0.2, 0) is 61.3 Å². The Morgan fingerprint density at radius 1 is 1.00 bits per heavy atom. The molecule has 0 aliphatic heterocycles. The van der Waals surface area contributed by atoms with E-state index in [4.69, 9.17) is 0 Å². The average molecular weight is 213 g/mol. The summed E-state index contributed by atoms with van der Waals surface area (Å²) in [6.07, 6.45) is 0. The van der Waals surface area contributed by atoms with Crippen LogP contribution in [0.25, 0.3) is 0 Å². The fourth-order valence-electron chi connectivity index (χ4n) is 0. The second kappa shape index (κ2) is 61.8. The van der Waals surface area contributed by atoms with Gasteiger partial charge in [0, 0.05) is 16.5 Å². The predicted octanol–water partition coefficient (Wildman–Crippen LogP) is -3.13. The predicted molar refractivity (Wildman–Crippen MR) is 2.49 cm³/mol. The monoisotopic (exact) mass is 212 g/mol. The van der Waals surface area contributed by atoms with Crippen LogP contribution in [-0.4, -0.2) is 0 Å². The van der Waals surface area contributed by atoms with E-state index in [1.165, 1.54) is 0 Å².